The number of carbonyl (C=O) groups excluding carboxylic acids is 6. The van der Waals surface area contributed by atoms with E-state index in [1.165, 1.54) is 45.4 Å². The monoisotopic (exact) mass is 938 g/mol. The maximum Gasteiger partial charge on any atom is 0.349 e. The van der Waals surface area contributed by atoms with Gasteiger partial charge in [0.15, 0.2) is 23.0 Å². The van der Waals surface area contributed by atoms with E-state index in [2.05, 4.69) is 15.4 Å². The molecule has 0 aromatic heterocycles. The summed E-state index contributed by atoms with van der Waals surface area (Å²) in [7, 11) is -3.69. The molecule has 2 atom stereocenters. The number of cyclic esters (lactones) is 2. The third-order valence-electron chi connectivity index (χ3n) is 9.28. The van der Waals surface area contributed by atoms with Crippen LogP contribution in [0.1, 0.15) is 92.3 Å². The molecule has 6 rings (SSSR count). The van der Waals surface area contributed by atoms with Crippen LogP contribution in [0.3, 0.4) is 0 Å². The Morgan fingerprint density at radius 2 is 1.12 bits per heavy atom. The molecule has 4 amide bonds. The molecule has 19 nitrogen and oxygen atoms in total. The highest BCUT2D eigenvalue weighted by Crippen LogP contribution is 2.39. The molecule has 2 heterocycles. The number of fused-ring (bicyclic) bond motifs is 2. The zero-order chi connectivity index (χ0) is 48.4. The molecule has 65 heavy (non-hydrogen) atoms. The van der Waals surface area contributed by atoms with Gasteiger partial charge in [-0.05, 0) is 73.5 Å². The predicted octanol–water partition coefficient (Wildman–Crippen LogP) is 4.53. The van der Waals surface area contributed by atoms with E-state index in [9.17, 15) is 45.6 Å². The summed E-state index contributed by atoms with van der Waals surface area (Å²) in [5.41, 5.74) is 7.91. The first kappa shape index (κ1) is 50.8. The number of sulfone groups is 2. The van der Waals surface area contributed by atoms with Gasteiger partial charge in [0.05, 0.1) is 78.6 Å². The second kappa shape index (κ2) is 21.7. The van der Waals surface area contributed by atoms with Gasteiger partial charge in [-0.1, -0.05) is 24.3 Å². The molecule has 0 spiro atoms. The summed E-state index contributed by atoms with van der Waals surface area (Å²) >= 11 is 0. The Morgan fingerprint density at radius 3 is 1.60 bits per heavy atom. The Hall–Kier alpha value is -6.84. The number of amides is 4. The normalized spacial score (nSPS) is 13.7. The molecule has 0 saturated carbocycles. The van der Waals surface area contributed by atoms with E-state index in [0.29, 0.717) is 53.0 Å². The van der Waals surface area contributed by atoms with Gasteiger partial charge in [-0.25, -0.2) is 26.4 Å². The highest BCUT2D eigenvalue weighted by Gasteiger charge is 2.43. The Labute approximate surface area is 376 Å². The maximum atomic E-state index is 13.3. The third-order valence-corrected chi connectivity index (χ3v) is 11.2. The number of benzene rings is 4. The number of esters is 2. The second-order valence-electron chi connectivity index (χ2n) is 14.5. The number of methoxy groups -OCH3 is 2. The van der Waals surface area contributed by atoms with Crippen molar-refractivity contribution in [3.05, 3.63) is 106 Å². The molecular formula is C44H50N4O15S2. The average Bonchev–Trinajstić information content (AvgIpc) is 3.66. The van der Waals surface area contributed by atoms with Crippen molar-refractivity contribution in [2.75, 3.05) is 62.1 Å². The minimum atomic E-state index is -3.60. The minimum Gasteiger partial charge on any atom is -0.493 e. The fourth-order valence-electron chi connectivity index (χ4n) is 6.70. The fraction of sp³-hybridized carbons (Fsp3) is 0.318. The lowest BCUT2D eigenvalue weighted by atomic mass is 10.1. The zero-order valence-electron chi connectivity index (χ0n) is 36.9. The molecule has 2 aliphatic rings. The summed E-state index contributed by atoms with van der Waals surface area (Å²) in [5, 5.41) is 5.02. The molecule has 348 valence electrons. The standard InChI is InChI=1S/C22H24N2O7S.C12H19NO4S.C10H7NO4/c1-5-31-19-11-14(9-10-18(19)30-3)17(12-32(4,28)29)24-21(26)15-7-6-8-16(23-13(2)25)20(15)22(24)27;1-4-17-12-7-9(5-6-11(12)16-2)10(13)8-18(3,14)15;1-5(12)11-7-4-2-3-6-8(7)10(14)15-9(6)13/h6-11,17H,5,12H2,1-4H3,(H,23,25);5-7,10H,4,8,13H2,1-3H3;2-4H,1H3,(H,11,12)/t17-;10-;/m11./s1. The van der Waals surface area contributed by atoms with Crippen LogP contribution in [0.15, 0.2) is 72.8 Å². The van der Waals surface area contributed by atoms with Crippen LogP contribution in [0.2, 0.25) is 0 Å². The summed E-state index contributed by atoms with van der Waals surface area (Å²) in [4.78, 5) is 72.3. The summed E-state index contributed by atoms with van der Waals surface area (Å²) < 4.78 is 72.8. The SMILES string of the molecule is CC(=O)Nc1cccc2c1C(=O)OC2=O.CCOc1cc([C@@H](CS(C)(=O)=O)N2C(=O)c3cccc(NC(C)=O)c3C2=O)ccc1OC.CCOc1cc([C@H](N)CS(C)(=O)=O)ccc1OC. The highest BCUT2D eigenvalue weighted by atomic mass is 32.2. The Morgan fingerprint density at radius 1 is 0.646 bits per heavy atom. The van der Waals surface area contributed by atoms with Crippen LogP contribution in [0.5, 0.6) is 23.0 Å². The Bertz CT molecular complexity index is 2720. The quantitative estimate of drug-likeness (QED) is 0.0839. The first-order valence-corrected chi connectivity index (χ1v) is 23.8. The maximum absolute atomic E-state index is 13.3. The molecule has 4 aromatic carbocycles. The lowest BCUT2D eigenvalue weighted by molar-refractivity contribution is -0.115. The molecular weight excluding hydrogens is 889 g/mol. The summed E-state index contributed by atoms with van der Waals surface area (Å²) in [6.45, 7) is 7.10. The molecule has 0 radical (unpaired) electrons. The van der Waals surface area contributed by atoms with Crippen molar-refractivity contribution in [1.29, 1.82) is 0 Å². The van der Waals surface area contributed by atoms with E-state index in [1.54, 1.807) is 68.6 Å². The summed E-state index contributed by atoms with van der Waals surface area (Å²) in [6.07, 6.45) is 2.20. The predicted molar refractivity (Wildman–Crippen MR) is 239 cm³/mol. The van der Waals surface area contributed by atoms with Gasteiger partial charge in [0, 0.05) is 32.4 Å². The van der Waals surface area contributed by atoms with Gasteiger partial charge in [0.25, 0.3) is 11.8 Å². The number of hydrogen-bond acceptors (Lipinski definition) is 16. The molecule has 0 fully saturated rings. The number of anilines is 2. The average molecular weight is 939 g/mol. The van der Waals surface area contributed by atoms with Crippen molar-refractivity contribution in [3.8, 4) is 23.0 Å². The van der Waals surface area contributed by atoms with Crippen LogP contribution in [0, 0.1) is 0 Å². The molecule has 2 aliphatic heterocycles. The van der Waals surface area contributed by atoms with Crippen molar-refractivity contribution in [1.82, 2.24) is 4.90 Å². The molecule has 0 unspecified atom stereocenters. The van der Waals surface area contributed by atoms with E-state index >= 15 is 0 Å². The van der Waals surface area contributed by atoms with Crippen LogP contribution in [-0.4, -0.2) is 109 Å². The van der Waals surface area contributed by atoms with Crippen LogP contribution in [0.4, 0.5) is 11.4 Å². The third kappa shape index (κ3) is 13.1. The van der Waals surface area contributed by atoms with Gasteiger partial charge >= 0.3 is 11.9 Å². The number of nitrogens with one attached hydrogen (secondary N) is 2. The first-order valence-electron chi connectivity index (χ1n) is 19.7. The minimum absolute atomic E-state index is 0.0322. The number of nitrogens with two attached hydrogens (primary N) is 1. The summed E-state index contributed by atoms with van der Waals surface area (Å²) in [5.74, 6) is -2.04. The fourth-order valence-corrected chi connectivity index (χ4v) is 8.46. The van der Waals surface area contributed by atoms with Gasteiger partial charge < -0.3 is 40.1 Å². The van der Waals surface area contributed by atoms with E-state index < -0.39 is 67.2 Å². The van der Waals surface area contributed by atoms with E-state index in [-0.39, 0.29) is 39.6 Å². The van der Waals surface area contributed by atoms with Crippen molar-refractivity contribution in [2.45, 2.75) is 39.8 Å². The highest BCUT2D eigenvalue weighted by molar-refractivity contribution is 7.90. The van der Waals surface area contributed by atoms with Gasteiger partial charge in [0.1, 0.15) is 19.7 Å². The van der Waals surface area contributed by atoms with Crippen LogP contribution in [0.25, 0.3) is 0 Å². The van der Waals surface area contributed by atoms with Crippen molar-refractivity contribution < 1.29 is 69.3 Å². The van der Waals surface area contributed by atoms with Crippen molar-refractivity contribution in [2.24, 2.45) is 5.73 Å². The molecule has 4 aromatic rings. The molecule has 0 bridgehead atoms. The smallest absolute Gasteiger partial charge is 0.349 e. The van der Waals surface area contributed by atoms with E-state index in [1.807, 2.05) is 6.92 Å². The van der Waals surface area contributed by atoms with E-state index in [4.69, 9.17) is 24.7 Å². The first-order chi connectivity index (χ1) is 30.5. The number of imide groups is 1. The Balaban J connectivity index is 0.000000236. The molecule has 4 N–H and O–H groups in total. The van der Waals surface area contributed by atoms with Gasteiger partial charge in [-0.15, -0.1) is 0 Å². The summed E-state index contributed by atoms with van der Waals surface area (Å²) in [6, 6.07) is 17.4. The topological polar surface area (TPSA) is 270 Å². The second-order valence-corrected chi connectivity index (χ2v) is 18.8. The largest absolute Gasteiger partial charge is 0.493 e. The van der Waals surface area contributed by atoms with Gasteiger partial charge in [-0.2, -0.15) is 0 Å². The number of hydrogen-bond donors (Lipinski definition) is 3. The van der Waals surface area contributed by atoms with Crippen molar-refractivity contribution in [3.63, 3.8) is 0 Å². The molecule has 0 saturated heterocycles. The Kier molecular flexibility index (Phi) is 17.0. The van der Waals surface area contributed by atoms with Crippen LogP contribution < -0.4 is 35.3 Å². The number of carbonyl (C=O) groups is 6. The molecule has 21 heteroatoms. The molecule has 0 aliphatic carbocycles. The lowest BCUT2D eigenvalue weighted by Gasteiger charge is -2.27. The van der Waals surface area contributed by atoms with Gasteiger partial charge in [-0.3, -0.25) is 24.1 Å². The number of rotatable bonds is 15. The van der Waals surface area contributed by atoms with Crippen LogP contribution >= 0.6 is 0 Å². The zero-order valence-corrected chi connectivity index (χ0v) is 38.5. The van der Waals surface area contributed by atoms with E-state index in [0.717, 1.165) is 11.2 Å². The number of ether oxygens (including phenoxy) is 5. The van der Waals surface area contributed by atoms with Crippen LogP contribution in [-0.2, 0) is 34.0 Å². The lowest BCUT2D eigenvalue weighted by Crippen LogP contribution is -2.37. The number of nitrogens with zero attached hydrogens (tertiary/aromatic N) is 1. The van der Waals surface area contributed by atoms with Gasteiger partial charge in [0.2, 0.25) is 11.8 Å². The van der Waals surface area contributed by atoms with Crippen molar-refractivity contribution >= 4 is 66.6 Å².